The summed E-state index contributed by atoms with van der Waals surface area (Å²) in [5.74, 6) is -2.16. The number of hydrogen-bond acceptors (Lipinski definition) is 3. The van der Waals surface area contributed by atoms with Crippen molar-refractivity contribution in [3.8, 4) is 0 Å². The van der Waals surface area contributed by atoms with E-state index in [0.717, 1.165) is 40.5 Å². The normalized spacial score (nSPS) is 18.3. The summed E-state index contributed by atoms with van der Waals surface area (Å²) in [6.07, 6.45) is 2.35. The average Bonchev–Trinajstić information content (AvgIpc) is 2.74. The average molecular weight is 455 g/mol. The molecule has 4 rings (SSSR count). The van der Waals surface area contributed by atoms with E-state index in [1.165, 1.54) is 0 Å². The van der Waals surface area contributed by atoms with Crippen LogP contribution < -0.4 is 4.90 Å². The number of halogens is 3. The van der Waals surface area contributed by atoms with Gasteiger partial charge in [-0.05, 0) is 67.6 Å². The summed E-state index contributed by atoms with van der Waals surface area (Å²) >= 11 is 6.07. The Morgan fingerprint density at radius 3 is 2.50 bits per heavy atom. The lowest BCUT2D eigenvalue weighted by Gasteiger charge is -2.36. The van der Waals surface area contributed by atoms with Gasteiger partial charge in [-0.2, -0.15) is 4.31 Å². The molecule has 2 aliphatic heterocycles. The van der Waals surface area contributed by atoms with E-state index < -0.39 is 26.6 Å². The van der Waals surface area contributed by atoms with Gasteiger partial charge in [0.25, 0.3) is 0 Å². The van der Waals surface area contributed by atoms with E-state index in [2.05, 4.69) is 0 Å². The van der Waals surface area contributed by atoms with Crippen LogP contribution in [0.3, 0.4) is 0 Å². The van der Waals surface area contributed by atoms with E-state index in [1.54, 1.807) is 11.0 Å². The van der Waals surface area contributed by atoms with E-state index in [1.807, 2.05) is 12.1 Å². The Hall–Kier alpha value is -2.03. The number of carbonyl (C=O) groups is 1. The van der Waals surface area contributed by atoms with Crippen molar-refractivity contribution < 1.29 is 22.0 Å². The van der Waals surface area contributed by atoms with E-state index in [-0.39, 0.29) is 24.9 Å². The van der Waals surface area contributed by atoms with Crippen LogP contribution in [0.15, 0.2) is 41.3 Å². The molecule has 2 aromatic rings. The molecule has 9 heteroatoms. The first-order valence-corrected chi connectivity index (χ1v) is 11.6. The van der Waals surface area contributed by atoms with Crippen molar-refractivity contribution in [2.45, 2.75) is 30.6 Å². The molecule has 2 heterocycles. The largest absolute Gasteiger partial charge is 0.312 e. The predicted octanol–water partition coefficient (Wildman–Crippen LogP) is 4.00. The van der Waals surface area contributed by atoms with Gasteiger partial charge in [0.1, 0.15) is 16.5 Å². The molecule has 2 aliphatic rings. The highest BCUT2D eigenvalue weighted by molar-refractivity contribution is 7.89. The van der Waals surface area contributed by atoms with Crippen LogP contribution in [-0.2, 0) is 21.2 Å². The monoisotopic (exact) mass is 454 g/mol. The van der Waals surface area contributed by atoms with Gasteiger partial charge in [-0.1, -0.05) is 11.6 Å². The fraction of sp³-hybridized carbons (Fsp3) is 0.381. The maximum absolute atomic E-state index is 14.0. The van der Waals surface area contributed by atoms with Crippen LogP contribution in [0, 0.1) is 17.6 Å². The Labute approximate surface area is 179 Å². The molecule has 0 aromatic heterocycles. The third kappa shape index (κ3) is 3.96. The van der Waals surface area contributed by atoms with Crippen molar-refractivity contribution in [2.75, 3.05) is 24.5 Å². The predicted molar refractivity (Wildman–Crippen MR) is 110 cm³/mol. The number of fused-ring (bicyclic) bond motifs is 1. The SMILES string of the molecule is O=C(C1CCN(S(=O)(=O)c2cc(F)ccc2F)CC1)N1CCCc2cc(Cl)ccc21. The number of piperidine rings is 1. The van der Waals surface area contributed by atoms with Gasteiger partial charge in [0.2, 0.25) is 15.9 Å². The van der Waals surface area contributed by atoms with Gasteiger partial charge in [-0.15, -0.1) is 0 Å². The molecule has 1 saturated heterocycles. The molecule has 0 spiro atoms. The molecule has 0 bridgehead atoms. The van der Waals surface area contributed by atoms with Crippen molar-refractivity contribution in [2.24, 2.45) is 5.92 Å². The summed E-state index contributed by atoms with van der Waals surface area (Å²) in [4.78, 5) is 14.2. The molecular weight excluding hydrogens is 434 g/mol. The molecule has 30 heavy (non-hydrogen) atoms. The van der Waals surface area contributed by atoms with Crippen LogP contribution in [0.4, 0.5) is 14.5 Å². The van der Waals surface area contributed by atoms with E-state index in [4.69, 9.17) is 11.6 Å². The maximum Gasteiger partial charge on any atom is 0.246 e. The molecule has 2 aromatic carbocycles. The summed E-state index contributed by atoms with van der Waals surface area (Å²) in [5, 5.41) is 0.631. The van der Waals surface area contributed by atoms with Crippen molar-refractivity contribution >= 4 is 33.2 Å². The van der Waals surface area contributed by atoms with Crippen LogP contribution in [-0.4, -0.2) is 38.3 Å². The van der Waals surface area contributed by atoms with Gasteiger partial charge in [-0.25, -0.2) is 17.2 Å². The Bertz CT molecular complexity index is 1090. The lowest BCUT2D eigenvalue weighted by Crippen LogP contribution is -2.45. The molecule has 0 unspecified atom stereocenters. The number of nitrogens with zero attached hydrogens (tertiary/aromatic N) is 2. The fourth-order valence-corrected chi connectivity index (χ4v) is 5.91. The number of anilines is 1. The molecule has 0 saturated carbocycles. The number of amides is 1. The summed E-state index contributed by atoms with van der Waals surface area (Å²) in [6, 6.07) is 7.86. The molecule has 0 atom stereocenters. The van der Waals surface area contributed by atoms with Gasteiger partial charge in [0.15, 0.2) is 0 Å². The smallest absolute Gasteiger partial charge is 0.246 e. The van der Waals surface area contributed by atoms with Crippen molar-refractivity contribution in [3.05, 3.63) is 58.6 Å². The molecule has 0 radical (unpaired) electrons. The van der Waals surface area contributed by atoms with Crippen molar-refractivity contribution in [3.63, 3.8) is 0 Å². The number of sulfonamides is 1. The van der Waals surface area contributed by atoms with E-state index in [9.17, 15) is 22.0 Å². The van der Waals surface area contributed by atoms with Crippen LogP contribution in [0.25, 0.3) is 0 Å². The third-order valence-electron chi connectivity index (χ3n) is 5.74. The van der Waals surface area contributed by atoms with Crippen LogP contribution in [0.1, 0.15) is 24.8 Å². The standard InChI is InChI=1S/C21H21ClF2N2O3S/c22-16-3-6-19-15(12-16)2-1-9-26(19)21(27)14-7-10-25(11-8-14)30(28,29)20-13-17(23)4-5-18(20)24/h3-6,12-14H,1-2,7-11H2. The van der Waals surface area contributed by atoms with Crippen LogP contribution in [0.2, 0.25) is 5.02 Å². The number of benzene rings is 2. The van der Waals surface area contributed by atoms with Gasteiger partial charge < -0.3 is 4.90 Å². The minimum Gasteiger partial charge on any atom is -0.312 e. The summed E-state index contributed by atoms with van der Waals surface area (Å²) in [7, 11) is -4.16. The molecule has 5 nitrogen and oxygen atoms in total. The lowest BCUT2D eigenvalue weighted by molar-refractivity contribution is -0.123. The Morgan fingerprint density at radius 2 is 1.77 bits per heavy atom. The quantitative estimate of drug-likeness (QED) is 0.704. The number of hydrogen-bond donors (Lipinski definition) is 0. The van der Waals surface area contributed by atoms with Crippen molar-refractivity contribution in [1.29, 1.82) is 0 Å². The fourth-order valence-electron chi connectivity index (χ4n) is 4.17. The second-order valence-electron chi connectivity index (χ2n) is 7.62. The third-order valence-corrected chi connectivity index (χ3v) is 7.89. The minimum absolute atomic E-state index is 0.0349. The highest BCUT2D eigenvalue weighted by atomic mass is 35.5. The molecule has 0 aliphatic carbocycles. The first-order valence-electron chi connectivity index (χ1n) is 9.82. The minimum atomic E-state index is -4.16. The number of aryl methyl sites for hydroxylation is 1. The van der Waals surface area contributed by atoms with Crippen LogP contribution in [0.5, 0.6) is 0 Å². The Kier molecular flexibility index (Phi) is 5.83. The molecule has 0 N–H and O–H groups in total. The van der Waals surface area contributed by atoms with Crippen molar-refractivity contribution in [1.82, 2.24) is 4.31 Å². The van der Waals surface area contributed by atoms with Gasteiger partial charge >= 0.3 is 0 Å². The van der Waals surface area contributed by atoms with E-state index in [0.29, 0.717) is 30.5 Å². The zero-order valence-electron chi connectivity index (χ0n) is 16.2. The van der Waals surface area contributed by atoms with Gasteiger partial charge in [0.05, 0.1) is 0 Å². The second kappa shape index (κ2) is 8.24. The van der Waals surface area contributed by atoms with Crippen LogP contribution >= 0.6 is 11.6 Å². The van der Waals surface area contributed by atoms with Gasteiger partial charge in [0, 0.05) is 36.3 Å². The first-order chi connectivity index (χ1) is 14.3. The lowest BCUT2D eigenvalue weighted by atomic mass is 9.94. The summed E-state index contributed by atoms with van der Waals surface area (Å²) < 4.78 is 54.1. The molecular formula is C21H21ClF2N2O3S. The number of carbonyl (C=O) groups excluding carboxylic acids is 1. The summed E-state index contributed by atoms with van der Waals surface area (Å²) in [5.41, 5.74) is 1.89. The topological polar surface area (TPSA) is 57.7 Å². The highest BCUT2D eigenvalue weighted by Gasteiger charge is 2.36. The highest BCUT2D eigenvalue weighted by Crippen LogP contribution is 2.33. The zero-order valence-corrected chi connectivity index (χ0v) is 17.7. The second-order valence-corrected chi connectivity index (χ2v) is 9.96. The molecule has 1 amide bonds. The summed E-state index contributed by atoms with van der Waals surface area (Å²) in [6.45, 7) is 0.770. The number of rotatable bonds is 3. The Morgan fingerprint density at radius 1 is 1.03 bits per heavy atom. The molecule has 1 fully saturated rings. The maximum atomic E-state index is 14.0. The zero-order chi connectivity index (χ0) is 21.5. The molecule has 160 valence electrons. The van der Waals surface area contributed by atoms with E-state index >= 15 is 0 Å². The Balaban J connectivity index is 1.48. The first kappa shape index (κ1) is 21.2. The van der Waals surface area contributed by atoms with Gasteiger partial charge in [-0.3, -0.25) is 4.79 Å².